The van der Waals surface area contributed by atoms with E-state index in [9.17, 15) is 10.2 Å². The van der Waals surface area contributed by atoms with Crippen molar-refractivity contribution in [3.63, 3.8) is 0 Å². The lowest BCUT2D eigenvalue weighted by Gasteiger charge is -2.11. The van der Waals surface area contributed by atoms with Crippen LogP contribution >= 0.6 is 0 Å². The normalized spacial score (nSPS) is 10.8. The first-order chi connectivity index (χ1) is 12.1. The van der Waals surface area contributed by atoms with Crippen molar-refractivity contribution < 1.29 is 14.9 Å². The van der Waals surface area contributed by atoms with Crippen molar-refractivity contribution in [3.05, 3.63) is 47.5 Å². The third-order valence-corrected chi connectivity index (χ3v) is 4.45. The van der Waals surface area contributed by atoms with Gasteiger partial charge in [0.15, 0.2) is 0 Å². The second kappa shape index (κ2) is 9.97. The molecule has 0 saturated heterocycles. The Hall–Kier alpha value is -2.16. The molecule has 0 saturated carbocycles. The summed E-state index contributed by atoms with van der Waals surface area (Å²) in [6, 6.07) is 10.9. The van der Waals surface area contributed by atoms with Crippen LogP contribution in [-0.2, 0) is 12.8 Å². The van der Waals surface area contributed by atoms with E-state index >= 15 is 0 Å². The fourth-order valence-corrected chi connectivity index (χ4v) is 2.90. The summed E-state index contributed by atoms with van der Waals surface area (Å²) >= 11 is 0. The molecule has 136 valence electrons. The maximum atomic E-state index is 10.2. The molecule has 0 aliphatic heterocycles. The lowest BCUT2D eigenvalue weighted by molar-refractivity contribution is 0.440. The zero-order valence-corrected chi connectivity index (χ0v) is 15.4. The van der Waals surface area contributed by atoms with Crippen molar-refractivity contribution in [3.8, 4) is 23.0 Å². The summed E-state index contributed by atoms with van der Waals surface area (Å²) in [6.45, 7) is 4.34. The predicted octanol–water partition coefficient (Wildman–Crippen LogP) is 6.36. The molecule has 0 radical (unpaired) electrons. The van der Waals surface area contributed by atoms with E-state index in [0.29, 0.717) is 11.5 Å². The van der Waals surface area contributed by atoms with E-state index < -0.39 is 0 Å². The molecule has 0 bridgehead atoms. The minimum atomic E-state index is 0.272. The van der Waals surface area contributed by atoms with E-state index in [2.05, 4.69) is 13.8 Å². The molecule has 0 amide bonds. The summed E-state index contributed by atoms with van der Waals surface area (Å²) < 4.78 is 5.78. The Morgan fingerprint density at radius 3 is 1.48 bits per heavy atom. The molecule has 0 aliphatic rings. The van der Waals surface area contributed by atoms with Crippen molar-refractivity contribution in [1.82, 2.24) is 0 Å². The Bertz CT molecular complexity index is 607. The molecule has 3 heteroatoms. The Morgan fingerprint density at radius 1 is 0.680 bits per heavy atom. The van der Waals surface area contributed by atoms with Crippen LogP contribution < -0.4 is 4.74 Å². The average Bonchev–Trinajstić information content (AvgIpc) is 2.59. The van der Waals surface area contributed by atoms with Gasteiger partial charge in [-0.1, -0.05) is 51.7 Å². The van der Waals surface area contributed by atoms with Crippen LogP contribution in [0.25, 0.3) is 0 Å². The Labute approximate surface area is 151 Å². The van der Waals surface area contributed by atoms with Gasteiger partial charge in [0.05, 0.1) is 0 Å². The van der Waals surface area contributed by atoms with Gasteiger partial charge in [-0.15, -0.1) is 0 Å². The molecule has 0 unspecified atom stereocenters. The Balaban J connectivity index is 1.99. The van der Waals surface area contributed by atoms with E-state index in [1.807, 2.05) is 24.3 Å². The van der Waals surface area contributed by atoms with Gasteiger partial charge in [0.2, 0.25) is 0 Å². The number of aromatic hydroxyl groups is 2. The fourth-order valence-electron chi connectivity index (χ4n) is 2.90. The topological polar surface area (TPSA) is 49.7 Å². The highest BCUT2D eigenvalue weighted by molar-refractivity contribution is 5.44. The van der Waals surface area contributed by atoms with Gasteiger partial charge in [-0.3, -0.25) is 0 Å². The summed E-state index contributed by atoms with van der Waals surface area (Å²) in [7, 11) is 0. The first kappa shape index (κ1) is 19.2. The molecule has 2 aromatic rings. The van der Waals surface area contributed by atoms with Crippen molar-refractivity contribution in [2.45, 2.75) is 65.2 Å². The average molecular weight is 342 g/mol. The second-order valence-corrected chi connectivity index (χ2v) is 6.60. The van der Waals surface area contributed by atoms with Crippen molar-refractivity contribution in [2.24, 2.45) is 0 Å². The van der Waals surface area contributed by atoms with E-state index in [1.54, 1.807) is 12.1 Å². The summed E-state index contributed by atoms with van der Waals surface area (Å²) in [5.74, 6) is 1.70. The molecule has 0 aromatic heterocycles. The van der Waals surface area contributed by atoms with Crippen LogP contribution in [0.4, 0.5) is 0 Å². The van der Waals surface area contributed by atoms with Crippen LogP contribution in [0, 0.1) is 0 Å². The standard InChI is InChI=1S/C22H30O3/c1-3-5-7-9-17-11-13-19(15-21(17)23)25-20-14-12-18(22(24)16-20)10-8-6-4-2/h11-16,23-24H,3-10H2,1-2H3. The maximum absolute atomic E-state index is 10.2. The van der Waals surface area contributed by atoms with Gasteiger partial charge in [0, 0.05) is 12.1 Å². The number of phenols is 2. The number of hydrogen-bond acceptors (Lipinski definition) is 3. The van der Waals surface area contributed by atoms with E-state index in [4.69, 9.17) is 4.74 Å². The van der Waals surface area contributed by atoms with Crippen LogP contribution in [0.3, 0.4) is 0 Å². The number of benzene rings is 2. The predicted molar refractivity (Wildman–Crippen MR) is 103 cm³/mol. The van der Waals surface area contributed by atoms with Crippen molar-refractivity contribution >= 4 is 0 Å². The van der Waals surface area contributed by atoms with Gasteiger partial charge in [-0.25, -0.2) is 0 Å². The number of aryl methyl sites for hydroxylation is 2. The SMILES string of the molecule is CCCCCc1ccc(Oc2ccc(CCCCC)c(O)c2)cc1O. The zero-order valence-electron chi connectivity index (χ0n) is 15.4. The van der Waals surface area contributed by atoms with Crippen molar-refractivity contribution in [2.75, 3.05) is 0 Å². The highest BCUT2D eigenvalue weighted by Crippen LogP contribution is 2.31. The third-order valence-electron chi connectivity index (χ3n) is 4.45. The monoisotopic (exact) mass is 342 g/mol. The zero-order chi connectivity index (χ0) is 18.1. The van der Waals surface area contributed by atoms with Gasteiger partial charge < -0.3 is 14.9 Å². The van der Waals surface area contributed by atoms with E-state index in [-0.39, 0.29) is 11.5 Å². The lowest BCUT2D eigenvalue weighted by atomic mass is 10.1. The molecule has 0 atom stereocenters. The molecule has 2 N–H and O–H groups in total. The van der Waals surface area contributed by atoms with E-state index in [1.165, 1.54) is 25.7 Å². The highest BCUT2D eigenvalue weighted by atomic mass is 16.5. The first-order valence-electron chi connectivity index (χ1n) is 9.45. The summed E-state index contributed by atoms with van der Waals surface area (Å²) in [5.41, 5.74) is 1.91. The van der Waals surface area contributed by atoms with Crippen LogP contribution in [0.2, 0.25) is 0 Å². The van der Waals surface area contributed by atoms with Gasteiger partial charge in [-0.2, -0.15) is 0 Å². The molecule has 0 aliphatic carbocycles. The van der Waals surface area contributed by atoms with Crippen LogP contribution in [0.5, 0.6) is 23.0 Å². The maximum Gasteiger partial charge on any atom is 0.131 e. The molecule has 3 nitrogen and oxygen atoms in total. The molecular formula is C22H30O3. The van der Waals surface area contributed by atoms with Crippen molar-refractivity contribution in [1.29, 1.82) is 0 Å². The molecule has 2 aromatic carbocycles. The third kappa shape index (κ3) is 6.00. The number of rotatable bonds is 10. The smallest absolute Gasteiger partial charge is 0.131 e. The molecule has 0 spiro atoms. The van der Waals surface area contributed by atoms with Gasteiger partial charge in [0.25, 0.3) is 0 Å². The summed E-state index contributed by atoms with van der Waals surface area (Å²) in [6.07, 6.45) is 8.60. The van der Waals surface area contributed by atoms with Gasteiger partial charge >= 0.3 is 0 Å². The number of phenolic OH excluding ortho intramolecular Hbond substituents is 2. The quantitative estimate of drug-likeness (QED) is 0.494. The van der Waals surface area contributed by atoms with Crippen LogP contribution in [0.15, 0.2) is 36.4 Å². The number of ether oxygens (including phenoxy) is 1. The fraction of sp³-hybridized carbons (Fsp3) is 0.455. The molecule has 2 rings (SSSR count). The Kier molecular flexibility index (Phi) is 7.65. The largest absolute Gasteiger partial charge is 0.508 e. The highest BCUT2D eigenvalue weighted by Gasteiger charge is 2.07. The van der Waals surface area contributed by atoms with Crippen LogP contribution in [-0.4, -0.2) is 10.2 Å². The minimum absolute atomic E-state index is 0.272. The number of hydrogen-bond donors (Lipinski definition) is 2. The molecule has 0 heterocycles. The van der Waals surface area contributed by atoms with Crippen LogP contribution in [0.1, 0.15) is 63.5 Å². The minimum Gasteiger partial charge on any atom is -0.508 e. The number of unbranched alkanes of at least 4 members (excludes halogenated alkanes) is 4. The molecule has 25 heavy (non-hydrogen) atoms. The summed E-state index contributed by atoms with van der Waals surface area (Å²) in [5, 5.41) is 20.3. The summed E-state index contributed by atoms with van der Waals surface area (Å²) in [4.78, 5) is 0. The Morgan fingerprint density at radius 2 is 1.12 bits per heavy atom. The van der Waals surface area contributed by atoms with Gasteiger partial charge in [0.1, 0.15) is 23.0 Å². The molecule has 0 fully saturated rings. The second-order valence-electron chi connectivity index (χ2n) is 6.60. The van der Waals surface area contributed by atoms with Gasteiger partial charge in [-0.05, 0) is 48.9 Å². The van der Waals surface area contributed by atoms with E-state index in [0.717, 1.165) is 36.8 Å². The first-order valence-corrected chi connectivity index (χ1v) is 9.45. The molecular weight excluding hydrogens is 312 g/mol. The lowest BCUT2D eigenvalue weighted by Crippen LogP contribution is -1.91.